The number of likely N-dealkylation sites (tertiary alicyclic amines) is 1. The van der Waals surface area contributed by atoms with E-state index in [4.69, 9.17) is 0 Å². The summed E-state index contributed by atoms with van der Waals surface area (Å²) in [6.07, 6.45) is 3.48. The number of nitrogens with one attached hydrogen (secondary N) is 2. The zero-order valence-corrected chi connectivity index (χ0v) is 18.0. The molecule has 5 rings (SSSR count). The maximum Gasteiger partial charge on any atom is 0.257 e. The van der Waals surface area contributed by atoms with Gasteiger partial charge in [-0.1, -0.05) is 12.1 Å². The number of alkyl halides is 2. The van der Waals surface area contributed by atoms with E-state index in [1.807, 2.05) is 12.1 Å². The second-order valence-electron chi connectivity index (χ2n) is 9.15. The number of amides is 1. The molecular formula is C23H27F2N5O2. The number of aromatic amines is 1. The first-order valence-corrected chi connectivity index (χ1v) is 11.1. The van der Waals surface area contributed by atoms with Gasteiger partial charge in [0.05, 0.1) is 17.7 Å². The zero-order valence-electron chi connectivity index (χ0n) is 18.0. The molecule has 0 aromatic carbocycles. The normalized spacial score (nSPS) is 24.2. The van der Waals surface area contributed by atoms with Crippen LogP contribution in [0.25, 0.3) is 0 Å². The summed E-state index contributed by atoms with van der Waals surface area (Å²) in [6.45, 7) is 3.59. The third kappa shape index (κ3) is 4.19. The predicted octanol–water partition coefficient (Wildman–Crippen LogP) is 2.70. The van der Waals surface area contributed by atoms with Crippen molar-refractivity contribution in [1.82, 2.24) is 19.8 Å². The van der Waals surface area contributed by atoms with Crippen LogP contribution in [0.4, 0.5) is 14.6 Å². The molecule has 4 heterocycles. The van der Waals surface area contributed by atoms with Crippen LogP contribution in [0.1, 0.15) is 48.9 Å². The van der Waals surface area contributed by atoms with Crippen molar-refractivity contribution in [3.63, 3.8) is 0 Å². The number of carbonyl (C=O) groups is 1. The van der Waals surface area contributed by atoms with Crippen LogP contribution < -0.4 is 10.9 Å². The van der Waals surface area contributed by atoms with E-state index in [1.54, 1.807) is 11.8 Å². The molecule has 2 fully saturated rings. The number of fused-ring (bicyclic) bond motifs is 1. The molecule has 1 saturated heterocycles. The minimum Gasteiger partial charge on any atom is -0.329 e. The molecule has 0 bridgehead atoms. The number of pyridine rings is 2. The zero-order chi connectivity index (χ0) is 22.5. The average Bonchev–Trinajstić information content (AvgIpc) is 3.53. The minimum atomic E-state index is -2.90. The van der Waals surface area contributed by atoms with Gasteiger partial charge in [0.15, 0.2) is 0 Å². The molecule has 2 aromatic heterocycles. The van der Waals surface area contributed by atoms with Crippen molar-refractivity contribution in [2.75, 3.05) is 18.4 Å². The Morgan fingerprint density at radius 3 is 2.78 bits per heavy atom. The summed E-state index contributed by atoms with van der Waals surface area (Å²) >= 11 is 0. The van der Waals surface area contributed by atoms with Gasteiger partial charge >= 0.3 is 0 Å². The highest BCUT2D eigenvalue weighted by molar-refractivity contribution is 5.93. The van der Waals surface area contributed by atoms with E-state index in [1.165, 1.54) is 36.7 Å². The van der Waals surface area contributed by atoms with E-state index in [0.29, 0.717) is 17.4 Å². The van der Waals surface area contributed by atoms with Gasteiger partial charge in [-0.3, -0.25) is 19.4 Å². The third-order valence-electron chi connectivity index (χ3n) is 6.91. The Hall–Kier alpha value is -2.65. The van der Waals surface area contributed by atoms with Gasteiger partial charge in [-0.15, -0.1) is 0 Å². The number of hydrogen-bond donors (Lipinski definition) is 2. The number of H-pyrrole nitrogens is 1. The number of halogens is 2. The quantitative estimate of drug-likeness (QED) is 0.743. The first-order chi connectivity index (χ1) is 15.3. The summed E-state index contributed by atoms with van der Waals surface area (Å²) in [7, 11) is 0. The van der Waals surface area contributed by atoms with Gasteiger partial charge in [-0.2, -0.15) is 0 Å². The molecule has 7 nitrogen and oxygen atoms in total. The van der Waals surface area contributed by atoms with E-state index in [0.717, 1.165) is 18.8 Å². The fraction of sp³-hybridized carbons (Fsp3) is 0.522. The van der Waals surface area contributed by atoms with Gasteiger partial charge in [-0.25, -0.2) is 13.8 Å². The summed E-state index contributed by atoms with van der Waals surface area (Å²) in [5, 5.41) is 2.87. The predicted molar refractivity (Wildman–Crippen MR) is 116 cm³/mol. The van der Waals surface area contributed by atoms with Crippen molar-refractivity contribution < 1.29 is 13.6 Å². The van der Waals surface area contributed by atoms with Gasteiger partial charge in [0.1, 0.15) is 5.82 Å². The van der Waals surface area contributed by atoms with Gasteiger partial charge in [0.2, 0.25) is 11.5 Å². The van der Waals surface area contributed by atoms with Crippen molar-refractivity contribution in [2.24, 2.45) is 0 Å². The van der Waals surface area contributed by atoms with Gasteiger partial charge in [-0.05, 0) is 37.0 Å². The van der Waals surface area contributed by atoms with Crippen LogP contribution in [-0.4, -0.2) is 56.8 Å². The molecule has 2 atom stereocenters. The van der Waals surface area contributed by atoms with Crippen molar-refractivity contribution in [2.45, 2.75) is 63.2 Å². The van der Waals surface area contributed by atoms with Crippen LogP contribution in [0.3, 0.4) is 0 Å². The van der Waals surface area contributed by atoms with E-state index in [9.17, 15) is 18.4 Å². The molecule has 2 aromatic rings. The Morgan fingerprint density at radius 2 is 2.06 bits per heavy atom. The Balaban J connectivity index is 1.25. The molecule has 1 aliphatic carbocycles. The fourth-order valence-electron chi connectivity index (χ4n) is 4.71. The highest BCUT2D eigenvalue weighted by atomic mass is 19.3. The van der Waals surface area contributed by atoms with Crippen LogP contribution in [0, 0.1) is 0 Å². The number of hydrogen-bond acceptors (Lipinski definition) is 5. The lowest BCUT2D eigenvalue weighted by atomic mass is 9.87. The van der Waals surface area contributed by atoms with Crippen molar-refractivity contribution in [1.29, 1.82) is 0 Å². The monoisotopic (exact) mass is 443 g/mol. The topological polar surface area (TPSA) is 81.3 Å². The fourth-order valence-corrected chi connectivity index (χ4v) is 4.71. The number of anilines is 1. The first-order valence-electron chi connectivity index (χ1n) is 11.1. The Morgan fingerprint density at radius 1 is 1.25 bits per heavy atom. The molecule has 170 valence electrons. The lowest BCUT2D eigenvalue weighted by Gasteiger charge is -2.40. The molecule has 1 amide bonds. The van der Waals surface area contributed by atoms with Crippen LogP contribution in [0.15, 0.2) is 35.3 Å². The molecule has 32 heavy (non-hydrogen) atoms. The second kappa shape index (κ2) is 8.04. The first kappa shape index (κ1) is 21.2. The highest BCUT2D eigenvalue weighted by Crippen LogP contribution is 2.40. The molecule has 3 aliphatic rings. The summed E-state index contributed by atoms with van der Waals surface area (Å²) < 4.78 is 29.3. The molecular weight excluding hydrogens is 416 g/mol. The summed E-state index contributed by atoms with van der Waals surface area (Å²) in [4.78, 5) is 35.5. The number of piperidine rings is 1. The van der Waals surface area contributed by atoms with E-state index < -0.39 is 17.9 Å². The molecule has 1 unspecified atom stereocenters. The molecule has 0 radical (unpaired) electrons. The van der Waals surface area contributed by atoms with Crippen LogP contribution >= 0.6 is 0 Å². The molecule has 1 saturated carbocycles. The van der Waals surface area contributed by atoms with Gasteiger partial charge in [0.25, 0.3) is 5.92 Å². The molecule has 0 spiro atoms. The van der Waals surface area contributed by atoms with Crippen molar-refractivity contribution in [3.8, 4) is 0 Å². The van der Waals surface area contributed by atoms with E-state index in [-0.39, 0.29) is 31.0 Å². The lowest BCUT2D eigenvalue weighted by Crippen LogP contribution is -2.52. The average molecular weight is 443 g/mol. The summed E-state index contributed by atoms with van der Waals surface area (Å²) in [6, 6.07) is 6.59. The van der Waals surface area contributed by atoms with Crippen LogP contribution in [-0.2, 0) is 17.9 Å². The Labute approximate surface area is 184 Å². The highest BCUT2D eigenvalue weighted by Gasteiger charge is 2.46. The maximum absolute atomic E-state index is 14.6. The third-order valence-corrected chi connectivity index (χ3v) is 6.91. The van der Waals surface area contributed by atoms with E-state index in [2.05, 4.69) is 20.2 Å². The van der Waals surface area contributed by atoms with Crippen LogP contribution in [0.2, 0.25) is 0 Å². The Bertz CT molecular complexity index is 1060. The van der Waals surface area contributed by atoms with Crippen LogP contribution in [0.5, 0.6) is 0 Å². The molecule has 2 N–H and O–H groups in total. The number of rotatable bonds is 5. The van der Waals surface area contributed by atoms with Crippen molar-refractivity contribution in [3.05, 3.63) is 57.6 Å². The number of carbonyl (C=O) groups excluding carboxylic acids is 1. The summed E-state index contributed by atoms with van der Waals surface area (Å²) in [5.74, 6) is -3.76. The largest absolute Gasteiger partial charge is 0.329 e. The standard InChI is InChI=1S/C23H27F2N5O2/c1-14(29-9-8-23(24,25)18(12-29)15-3-7-21(31)26-10-15)22(32)28-20-6-2-16-11-30(17-4-5-17)13-19(16)27-20/h2-3,6-7,10,14,17-18H,4-5,8-9,11-13H2,1H3,(H,26,31)(H,27,28,32)/t14?,18-/m1/s1. The summed E-state index contributed by atoms with van der Waals surface area (Å²) in [5.41, 5.74) is 2.23. The minimum absolute atomic E-state index is 0.0294. The van der Waals surface area contributed by atoms with Gasteiger partial charge < -0.3 is 10.3 Å². The second-order valence-corrected chi connectivity index (χ2v) is 9.15. The SMILES string of the molecule is CC(C(=O)Nc1ccc2c(n1)CN(C1CC1)C2)N1CCC(F)(F)[C@@H](c2ccc(=O)[nH]c2)C1. The smallest absolute Gasteiger partial charge is 0.257 e. The van der Waals surface area contributed by atoms with Gasteiger partial charge in [0, 0.05) is 50.9 Å². The lowest BCUT2D eigenvalue weighted by molar-refractivity contribution is -0.125. The maximum atomic E-state index is 14.6. The van der Waals surface area contributed by atoms with Crippen molar-refractivity contribution >= 4 is 11.7 Å². The molecule has 2 aliphatic heterocycles. The number of nitrogens with zero attached hydrogens (tertiary/aromatic N) is 3. The van der Waals surface area contributed by atoms with E-state index >= 15 is 0 Å². The molecule has 9 heteroatoms. The number of aromatic nitrogens is 2. The Kier molecular flexibility index (Phi) is 5.33.